The fraction of sp³-hybridized carbons (Fsp3) is 1.00. The highest BCUT2D eigenvalue weighted by atomic mass is 32.2. The molecule has 0 aromatic rings. The first-order valence-electron chi connectivity index (χ1n) is 11.7. The third-order valence-electron chi connectivity index (χ3n) is 7.27. The topological polar surface area (TPSA) is 140 Å². The highest BCUT2D eigenvalue weighted by Crippen LogP contribution is 2.39. The van der Waals surface area contributed by atoms with E-state index in [9.17, 15) is 8.42 Å². The van der Waals surface area contributed by atoms with Crippen molar-refractivity contribution in [1.82, 2.24) is 0 Å². The van der Waals surface area contributed by atoms with Crippen LogP contribution in [-0.2, 0) is 28.4 Å². The Bertz CT molecular complexity index is 819. The van der Waals surface area contributed by atoms with Gasteiger partial charge in [0.05, 0.1) is 50.4 Å². The third kappa shape index (κ3) is 9.51. The molecule has 200 valence electrons. The Hall–Kier alpha value is -0.506. The molecule has 34 heavy (non-hydrogen) atoms. The molecule has 0 spiro atoms. The van der Waals surface area contributed by atoms with Crippen molar-refractivity contribution in [2.45, 2.75) is 96.1 Å². The van der Waals surface area contributed by atoms with Crippen molar-refractivity contribution >= 4 is 26.8 Å². The SMILES string of the molecule is CC(C)(C)[Si](C)(C)O[C@@H]1COC[C@@H]1CS(=O)(=O)O.CC(C)(C)[Si](C)(C)O[C@H]1COC[C@H]1N=[N+]=[N-]. The van der Waals surface area contributed by atoms with Crippen molar-refractivity contribution < 1.29 is 31.3 Å². The summed E-state index contributed by atoms with van der Waals surface area (Å²) in [4.78, 5) is 2.84. The fourth-order valence-electron chi connectivity index (χ4n) is 3.06. The van der Waals surface area contributed by atoms with Gasteiger partial charge in [0.15, 0.2) is 16.6 Å². The molecule has 2 aliphatic heterocycles. The summed E-state index contributed by atoms with van der Waals surface area (Å²) in [7, 11) is -7.72. The lowest BCUT2D eigenvalue weighted by molar-refractivity contribution is 0.126. The van der Waals surface area contributed by atoms with Crippen LogP contribution in [0.2, 0.25) is 36.3 Å². The zero-order chi connectivity index (χ0) is 26.6. The second-order valence-corrected chi connectivity index (χ2v) is 23.2. The van der Waals surface area contributed by atoms with Crippen LogP contribution in [0.3, 0.4) is 0 Å². The summed E-state index contributed by atoms with van der Waals surface area (Å²) in [6.45, 7) is 23.4. The van der Waals surface area contributed by atoms with Crippen molar-refractivity contribution in [3.8, 4) is 0 Å². The number of nitrogens with zero attached hydrogens (tertiary/aromatic N) is 3. The Morgan fingerprint density at radius 2 is 1.35 bits per heavy atom. The van der Waals surface area contributed by atoms with Crippen molar-refractivity contribution in [3.63, 3.8) is 0 Å². The average molecular weight is 540 g/mol. The van der Waals surface area contributed by atoms with Crippen molar-refractivity contribution in [1.29, 1.82) is 0 Å². The Morgan fingerprint density at radius 3 is 1.79 bits per heavy atom. The molecule has 0 unspecified atom stereocenters. The first-order chi connectivity index (χ1) is 15.2. The first-order valence-corrected chi connectivity index (χ1v) is 19.1. The molecule has 2 saturated heterocycles. The van der Waals surface area contributed by atoms with Gasteiger partial charge < -0.3 is 18.3 Å². The zero-order valence-corrected chi connectivity index (χ0v) is 25.3. The van der Waals surface area contributed by atoms with E-state index in [2.05, 4.69) is 77.8 Å². The van der Waals surface area contributed by atoms with E-state index in [1.807, 2.05) is 0 Å². The largest absolute Gasteiger partial charge is 0.411 e. The van der Waals surface area contributed by atoms with Gasteiger partial charge in [0.2, 0.25) is 0 Å². The maximum atomic E-state index is 11.0. The lowest BCUT2D eigenvalue weighted by atomic mass is 10.1. The third-order valence-corrected chi connectivity index (χ3v) is 17.1. The van der Waals surface area contributed by atoms with Gasteiger partial charge in [0.25, 0.3) is 10.1 Å². The standard InChI is InChI=1S/C11H24O5SSi.C10H21N3O2Si/c1-11(2,3)18(4,5)16-10-7-15-6-9(10)8-17(12,13)14;1-10(2,3)16(4,5)15-9-7-14-6-8(9)12-13-11/h9-10H,6-8H2,1-5H3,(H,12,13,14);8-9H,6-7H2,1-5H3/t9-,10-;8-,9+/m11/s1. The molecule has 2 rings (SSSR count). The van der Waals surface area contributed by atoms with Crippen LogP contribution in [0.15, 0.2) is 5.11 Å². The zero-order valence-electron chi connectivity index (χ0n) is 22.5. The second kappa shape index (κ2) is 11.7. The minimum Gasteiger partial charge on any atom is -0.411 e. The second-order valence-electron chi connectivity index (χ2n) is 12.2. The molecule has 10 nitrogen and oxygen atoms in total. The predicted octanol–water partition coefficient (Wildman–Crippen LogP) is 5.00. The lowest BCUT2D eigenvalue weighted by Crippen LogP contribution is -2.46. The van der Waals surface area contributed by atoms with Crippen LogP contribution in [0.5, 0.6) is 0 Å². The molecular weight excluding hydrogens is 494 g/mol. The van der Waals surface area contributed by atoms with Gasteiger partial charge in [-0.1, -0.05) is 46.7 Å². The molecule has 0 aromatic heterocycles. The molecule has 2 fully saturated rings. The van der Waals surface area contributed by atoms with E-state index in [-0.39, 0.29) is 40.0 Å². The minimum absolute atomic E-state index is 0.0677. The normalized spacial score (nSPS) is 26.6. The lowest BCUT2D eigenvalue weighted by Gasteiger charge is -2.39. The average Bonchev–Trinajstić information content (AvgIpc) is 3.22. The summed E-state index contributed by atoms with van der Waals surface area (Å²) in [6.07, 6.45) is -0.301. The maximum absolute atomic E-state index is 11.0. The Labute approximate surface area is 207 Å². The first kappa shape index (κ1) is 31.5. The molecule has 4 atom stereocenters. The molecule has 0 radical (unpaired) electrons. The van der Waals surface area contributed by atoms with Crippen LogP contribution in [-0.4, -0.2) is 80.0 Å². The molecule has 0 aromatic carbocycles. The summed E-state index contributed by atoms with van der Waals surface area (Å²) in [5.74, 6) is -0.555. The maximum Gasteiger partial charge on any atom is 0.265 e. The number of hydrogen-bond acceptors (Lipinski definition) is 7. The molecule has 0 bridgehead atoms. The van der Waals surface area contributed by atoms with Gasteiger partial charge in [-0.25, -0.2) is 0 Å². The molecular formula is C21H45N3O7SSi2. The molecule has 0 saturated carbocycles. The van der Waals surface area contributed by atoms with Crippen molar-refractivity contribution in [2.24, 2.45) is 11.0 Å². The van der Waals surface area contributed by atoms with Crippen LogP contribution in [0, 0.1) is 5.92 Å². The van der Waals surface area contributed by atoms with Gasteiger partial charge in [0.1, 0.15) is 0 Å². The van der Waals surface area contributed by atoms with Gasteiger partial charge in [0, 0.05) is 10.8 Å². The van der Waals surface area contributed by atoms with Crippen molar-refractivity contribution in [3.05, 3.63) is 10.4 Å². The summed E-state index contributed by atoms with van der Waals surface area (Å²) >= 11 is 0. The van der Waals surface area contributed by atoms with Crippen LogP contribution in [0.4, 0.5) is 0 Å². The highest BCUT2D eigenvalue weighted by molar-refractivity contribution is 7.85. The van der Waals surface area contributed by atoms with Gasteiger partial charge >= 0.3 is 0 Å². The number of azide groups is 1. The highest BCUT2D eigenvalue weighted by Gasteiger charge is 2.44. The Morgan fingerprint density at radius 1 is 0.912 bits per heavy atom. The summed E-state index contributed by atoms with van der Waals surface area (Å²) in [6, 6.07) is -0.167. The monoisotopic (exact) mass is 539 g/mol. The van der Waals surface area contributed by atoms with E-state index in [1.54, 1.807) is 0 Å². The minimum atomic E-state index is -3.98. The van der Waals surface area contributed by atoms with Crippen LogP contribution < -0.4 is 0 Å². The van der Waals surface area contributed by atoms with Gasteiger partial charge in [-0.2, -0.15) is 8.42 Å². The van der Waals surface area contributed by atoms with Crippen LogP contribution >= 0.6 is 0 Å². The van der Waals surface area contributed by atoms with E-state index >= 15 is 0 Å². The van der Waals surface area contributed by atoms with E-state index in [0.29, 0.717) is 26.4 Å². The van der Waals surface area contributed by atoms with E-state index < -0.39 is 26.8 Å². The van der Waals surface area contributed by atoms with Gasteiger partial charge in [-0.15, -0.1) is 0 Å². The van der Waals surface area contributed by atoms with E-state index in [4.69, 9.17) is 28.4 Å². The van der Waals surface area contributed by atoms with Crippen molar-refractivity contribution in [2.75, 3.05) is 32.2 Å². The molecule has 13 heteroatoms. The molecule has 1 N–H and O–H groups in total. The number of ether oxygens (including phenoxy) is 2. The molecule has 0 amide bonds. The predicted molar refractivity (Wildman–Crippen MR) is 139 cm³/mol. The van der Waals surface area contributed by atoms with E-state index in [0.717, 1.165) is 0 Å². The van der Waals surface area contributed by atoms with Crippen LogP contribution in [0.25, 0.3) is 10.4 Å². The van der Waals surface area contributed by atoms with E-state index in [1.165, 1.54) is 0 Å². The quantitative estimate of drug-likeness (QED) is 0.158. The Balaban J connectivity index is 0.000000342. The van der Waals surface area contributed by atoms with Gasteiger partial charge in [-0.05, 0) is 41.8 Å². The summed E-state index contributed by atoms with van der Waals surface area (Å²) < 4.78 is 53.8. The molecule has 0 aliphatic carbocycles. The number of rotatable bonds is 7. The van der Waals surface area contributed by atoms with Crippen LogP contribution in [0.1, 0.15) is 41.5 Å². The summed E-state index contributed by atoms with van der Waals surface area (Å²) in [5.41, 5.74) is 8.46. The summed E-state index contributed by atoms with van der Waals surface area (Å²) in [5, 5.41) is 3.95. The molecule has 2 heterocycles. The molecule has 2 aliphatic rings. The Kier molecular flexibility index (Phi) is 10.8. The van der Waals surface area contributed by atoms with Gasteiger partial charge in [-0.3, -0.25) is 4.55 Å². The fourth-order valence-corrected chi connectivity index (χ4v) is 6.61. The smallest absolute Gasteiger partial charge is 0.265 e. The number of hydrogen-bond donors (Lipinski definition) is 1.